The highest BCUT2D eigenvalue weighted by atomic mass is 15.1. The third-order valence-electron chi connectivity index (χ3n) is 11.8. The zero-order chi connectivity index (χ0) is 39.8. The van der Waals surface area contributed by atoms with Gasteiger partial charge >= 0.3 is 0 Å². The van der Waals surface area contributed by atoms with Crippen LogP contribution in [0.2, 0.25) is 0 Å². The van der Waals surface area contributed by atoms with Gasteiger partial charge in [0.05, 0.1) is 22.4 Å². The summed E-state index contributed by atoms with van der Waals surface area (Å²) in [7, 11) is 0. The maximum absolute atomic E-state index is 2.41. The minimum Gasteiger partial charge on any atom is -0.310 e. The van der Waals surface area contributed by atoms with Crippen molar-refractivity contribution in [3.8, 4) is 50.2 Å². The number of hydrogen-bond acceptors (Lipinski definition) is 1. The van der Waals surface area contributed by atoms with Crippen LogP contribution in [0.5, 0.6) is 0 Å². The van der Waals surface area contributed by atoms with E-state index in [1.807, 2.05) is 0 Å². The fourth-order valence-electron chi connectivity index (χ4n) is 8.97. The van der Waals surface area contributed by atoms with Crippen molar-refractivity contribution >= 4 is 49.6 Å². The number of anilines is 3. The highest BCUT2D eigenvalue weighted by molar-refractivity contribution is 6.10. The summed E-state index contributed by atoms with van der Waals surface area (Å²) >= 11 is 0. The van der Waals surface area contributed by atoms with Gasteiger partial charge in [-0.05, 0) is 98.8 Å². The molecule has 0 saturated carbocycles. The lowest BCUT2D eigenvalue weighted by molar-refractivity contribution is 1.18. The molecule has 2 nitrogen and oxygen atoms in total. The Kier molecular flexibility index (Phi) is 8.87. The number of para-hydroxylation sites is 3. The van der Waals surface area contributed by atoms with Gasteiger partial charge in [0.25, 0.3) is 0 Å². The van der Waals surface area contributed by atoms with Gasteiger partial charge in [0, 0.05) is 33.3 Å². The van der Waals surface area contributed by atoms with Crippen molar-refractivity contribution in [1.82, 2.24) is 4.57 Å². The maximum atomic E-state index is 2.41. The molecule has 2 heteroatoms. The number of rotatable bonds is 8. The molecule has 11 aromatic rings. The molecule has 0 unspecified atom stereocenters. The van der Waals surface area contributed by atoms with Gasteiger partial charge in [-0.15, -0.1) is 0 Å². The average molecular weight is 765 g/mol. The number of fused-ring (bicyclic) bond motifs is 4. The molecule has 11 rings (SSSR count). The zero-order valence-electron chi connectivity index (χ0n) is 33.0. The van der Waals surface area contributed by atoms with Crippen molar-refractivity contribution in [3.05, 3.63) is 243 Å². The minimum absolute atomic E-state index is 1.08. The van der Waals surface area contributed by atoms with Crippen molar-refractivity contribution < 1.29 is 0 Å². The van der Waals surface area contributed by atoms with Gasteiger partial charge in [0.2, 0.25) is 0 Å². The van der Waals surface area contributed by atoms with Crippen molar-refractivity contribution in [2.45, 2.75) is 0 Å². The van der Waals surface area contributed by atoms with Gasteiger partial charge in [0.1, 0.15) is 0 Å². The second-order valence-electron chi connectivity index (χ2n) is 15.3. The maximum Gasteiger partial charge on any atom is 0.0541 e. The van der Waals surface area contributed by atoms with E-state index >= 15 is 0 Å². The molecular formula is C58H40N2. The van der Waals surface area contributed by atoms with Crippen molar-refractivity contribution in [2.24, 2.45) is 0 Å². The molecule has 10 aromatic carbocycles. The summed E-state index contributed by atoms with van der Waals surface area (Å²) in [4.78, 5) is 2.41. The molecule has 60 heavy (non-hydrogen) atoms. The second-order valence-corrected chi connectivity index (χ2v) is 15.3. The Balaban J connectivity index is 1.07. The van der Waals surface area contributed by atoms with Crippen LogP contribution < -0.4 is 4.90 Å². The molecule has 0 fully saturated rings. The molecule has 0 atom stereocenters. The van der Waals surface area contributed by atoms with Gasteiger partial charge in [0.15, 0.2) is 0 Å². The first kappa shape index (κ1) is 35.2. The predicted molar refractivity (Wildman–Crippen MR) is 255 cm³/mol. The van der Waals surface area contributed by atoms with Crippen LogP contribution in [0.4, 0.5) is 17.1 Å². The van der Waals surface area contributed by atoms with Crippen LogP contribution >= 0.6 is 0 Å². The van der Waals surface area contributed by atoms with Crippen LogP contribution in [-0.4, -0.2) is 4.57 Å². The Hall–Kier alpha value is -7.94. The van der Waals surface area contributed by atoms with Gasteiger partial charge in [-0.2, -0.15) is 0 Å². The highest BCUT2D eigenvalue weighted by Crippen LogP contribution is 2.45. The number of hydrogen-bond donors (Lipinski definition) is 0. The van der Waals surface area contributed by atoms with E-state index in [2.05, 4.69) is 252 Å². The normalized spacial score (nSPS) is 11.3. The quantitative estimate of drug-likeness (QED) is 0.150. The molecule has 0 amide bonds. The van der Waals surface area contributed by atoms with Crippen molar-refractivity contribution in [3.63, 3.8) is 0 Å². The van der Waals surface area contributed by atoms with Crippen LogP contribution in [0.15, 0.2) is 243 Å². The van der Waals surface area contributed by atoms with Crippen molar-refractivity contribution in [1.29, 1.82) is 0 Å². The average Bonchev–Trinajstić information content (AvgIpc) is 3.67. The van der Waals surface area contributed by atoms with E-state index < -0.39 is 0 Å². The Morgan fingerprint density at radius 2 is 0.750 bits per heavy atom. The van der Waals surface area contributed by atoms with E-state index in [-0.39, 0.29) is 0 Å². The Bertz CT molecular complexity index is 3230. The SMILES string of the molecule is c1ccc(-c2ccc(N(c3ccc(-c4ccccc4-n4c5ccccc5c5ccccc54)cc3)c3ccc(-c4cccc5ccccc45)cc3-c3ccccc3)cc2)cc1. The monoisotopic (exact) mass is 764 g/mol. The molecule has 282 valence electrons. The fourth-order valence-corrected chi connectivity index (χ4v) is 8.97. The standard InChI is InChI=1S/C58H40N2/c1-3-16-41(17-4-1)42-30-35-47(36-31-42)59(58-39-34-46(40-54(58)44-18-5-2-6-19-44)50-26-15-21-43-20-7-8-22-49(43)50)48-37-32-45(33-38-48)51-23-9-12-27-55(51)60-56-28-13-10-24-52(56)53-25-11-14-29-57(53)60/h1-40H. The lowest BCUT2D eigenvalue weighted by atomic mass is 9.93. The summed E-state index contributed by atoms with van der Waals surface area (Å²) in [6.45, 7) is 0. The molecule has 1 heterocycles. The molecule has 0 N–H and O–H groups in total. The van der Waals surface area contributed by atoms with Crippen LogP contribution in [0.25, 0.3) is 82.8 Å². The van der Waals surface area contributed by atoms with Gasteiger partial charge < -0.3 is 9.47 Å². The van der Waals surface area contributed by atoms with Gasteiger partial charge in [-0.25, -0.2) is 0 Å². The van der Waals surface area contributed by atoms with E-state index in [1.165, 1.54) is 60.4 Å². The third-order valence-corrected chi connectivity index (χ3v) is 11.8. The van der Waals surface area contributed by atoms with E-state index in [4.69, 9.17) is 0 Å². The molecule has 0 spiro atoms. The second kappa shape index (κ2) is 15.1. The largest absolute Gasteiger partial charge is 0.310 e. The molecule has 0 aliphatic heterocycles. The summed E-state index contributed by atoms with van der Waals surface area (Å²) in [5.74, 6) is 0. The molecule has 0 aliphatic rings. The summed E-state index contributed by atoms with van der Waals surface area (Å²) in [5, 5.41) is 5.00. The lowest BCUT2D eigenvalue weighted by Crippen LogP contribution is -2.11. The molecular weight excluding hydrogens is 725 g/mol. The molecule has 0 bridgehead atoms. The first-order chi connectivity index (χ1) is 29.8. The molecule has 0 saturated heterocycles. The molecule has 1 aromatic heterocycles. The number of nitrogens with zero attached hydrogens (tertiary/aromatic N) is 2. The molecule has 0 radical (unpaired) electrons. The summed E-state index contributed by atoms with van der Waals surface area (Å²) in [6.07, 6.45) is 0. The van der Waals surface area contributed by atoms with E-state index in [1.54, 1.807) is 0 Å². The predicted octanol–water partition coefficient (Wildman–Crippen LogP) is 16.1. The van der Waals surface area contributed by atoms with E-state index in [0.29, 0.717) is 0 Å². The van der Waals surface area contributed by atoms with Crippen LogP contribution in [0.1, 0.15) is 0 Å². The van der Waals surface area contributed by atoms with Crippen molar-refractivity contribution in [2.75, 3.05) is 4.90 Å². The Morgan fingerprint density at radius 3 is 1.43 bits per heavy atom. The van der Waals surface area contributed by atoms with Gasteiger partial charge in [-0.3, -0.25) is 0 Å². The van der Waals surface area contributed by atoms with E-state index in [0.717, 1.165) is 39.4 Å². The zero-order valence-corrected chi connectivity index (χ0v) is 33.0. The summed E-state index contributed by atoms with van der Waals surface area (Å²) in [6, 6.07) is 87.9. The van der Waals surface area contributed by atoms with Crippen LogP contribution in [0, 0.1) is 0 Å². The lowest BCUT2D eigenvalue weighted by Gasteiger charge is -2.29. The Morgan fingerprint density at radius 1 is 0.283 bits per heavy atom. The van der Waals surface area contributed by atoms with E-state index in [9.17, 15) is 0 Å². The fraction of sp³-hybridized carbons (Fsp3) is 0. The first-order valence-electron chi connectivity index (χ1n) is 20.6. The smallest absolute Gasteiger partial charge is 0.0541 e. The van der Waals surface area contributed by atoms with Gasteiger partial charge in [-0.1, -0.05) is 188 Å². The van der Waals surface area contributed by atoms with Crippen LogP contribution in [0.3, 0.4) is 0 Å². The molecule has 0 aliphatic carbocycles. The first-order valence-corrected chi connectivity index (χ1v) is 20.6. The highest BCUT2D eigenvalue weighted by Gasteiger charge is 2.20. The minimum atomic E-state index is 1.08. The Labute approximate surface area is 350 Å². The summed E-state index contributed by atoms with van der Waals surface area (Å²) in [5.41, 5.74) is 16.3. The number of benzene rings is 10. The summed E-state index contributed by atoms with van der Waals surface area (Å²) < 4.78 is 2.41. The van der Waals surface area contributed by atoms with Crippen LogP contribution in [-0.2, 0) is 0 Å². The number of aromatic nitrogens is 1. The third kappa shape index (κ3) is 6.23. The topological polar surface area (TPSA) is 8.17 Å².